The number of hydrogen-bond donors (Lipinski definition) is 2. The fourth-order valence-electron chi connectivity index (χ4n) is 2.59. The molecule has 3 heterocycles. The highest BCUT2D eigenvalue weighted by Crippen LogP contribution is 2.24. The van der Waals surface area contributed by atoms with Crippen molar-refractivity contribution in [3.63, 3.8) is 0 Å². The smallest absolute Gasteiger partial charge is 0.307 e. The summed E-state index contributed by atoms with van der Waals surface area (Å²) in [5.74, 6) is 0.645. The predicted molar refractivity (Wildman–Crippen MR) is 59.4 cm³/mol. The normalized spacial score (nSPS) is 28.0. The Hall–Kier alpha value is -1.43. The van der Waals surface area contributed by atoms with Crippen molar-refractivity contribution in [3.8, 4) is 0 Å². The van der Waals surface area contributed by atoms with Gasteiger partial charge in [0.05, 0.1) is 12.0 Å². The van der Waals surface area contributed by atoms with E-state index >= 15 is 0 Å². The van der Waals surface area contributed by atoms with E-state index < -0.39 is 5.97 Å². The van der Waals surface area contributed by atoms with E-state index in [1.165, 1.54) is 0 Å². The molecule has 1 aromatic heterocycles. The van der Waals surface area contributed by atoms with Crippen molar-refractivity contribution in [3.05, 3.63) is 11.6 Å². The number of carboxylic acid groups (broad SMARTS) is 1. The quantitative estimate of drug-likeness (QED) is 0.774. The summed E-state index contributed by atoms with van der Waals surface area (Å²) in [5.41, 5.74) is 0. The Kier molecular flexibility index (Phi) is 2.58. The number of nitrogens with one attached hydrogen (secondary N) is 1. The SMILES string of the molecule is O=C(O)C1CCn2nc(C3CCCN3)nc2C1. The summed E-state index contributed by atoms with van der Waals surface area (Å²) in [6.07, 6.45) is 3.40. The highest BCUT2D eigenvalue weighted by Gasteiger charge is 2.29. The Bertz CT molecular complexity index is 437. The van der Waals surface area contributed by atoms with Gasteiger partial charge in [-0.15, -0.1) is 0 Å². The molecule has 2 aliphatic rings. The van der Waals surface area contributed by atoms with Gasteiger partial charge in [0, 0.05) is 13.0 Å². The van der Waals surface area contributed by atoms with Gasteiger partial charge in [-0.2, -0.15) is 5.10 Å². The number of hydrogen-bond acceptors (Lipinski definition) is 4. The summed E-state index contributed by atoms with van der Waals surface area (Å²) in [6.45, 7) is 1.69. The Balaban J connectivity index is 1.81. The molecule has 2 aliphatic heterocycles. The van der Waals surface area contributed by atoms with Crippen LogP contribution in [0.2, 0.25) is 0 Å². The zero-order chi connectivity index (χ0) is 11.8. The lowest BCUT2D eigenvalue weighted by atomic mass is 9.98. The second-order valence-electron chi connectivity index (χ2n) is 4.79. The van der Waals surface area contributed by atoms with Crippen LogP contribution < -0.4 is 5.32 Å². The lowest BCUT2D eigenvalue weighted by molar-refractivity contribution is -0.142. The first kappa shape index (κ1) is 10.7. The van der Waals surface area contributed by atoms with E-state index in [4.69, 9.17) is 5.11 Å². The van der Waals surface area contributed by atoms with Gasteiger partial charge < -0.3 is 10.4 Å². The van der Waals surface area contributed by atoms with E-state index in [0.717, 1.165) is 31.0 Å². The molecule has 0 bridgehead atoms. The van der Waals surface area contributed by atoms with Crippen LogP contribution in [0.15, 0.2) is 0 Å². The minimum Gasteiger partial charge on any atom is -0.481 e. The third-order valence-corrected chi connectivity index (χ3v) is 3.60. The van der Waals surface area contributed by atoms with Crippen molar-refractivity contribution in [1.82, 2.24) is 20.1 Å². The molecule has 0 radical (unpaired) electrons. The predicted octanol–water partition coefficient (Wildman–Crippen LogP) is 0.350. The molecule has 1 aromatic rings. The van der Waals surface area contributed by atoms with Gasteiger partial charge in [0.15, 0.2) is 5.82 Å². The van der Waals surface area contributed by atoms with Crippen LogP contribution in [0.25, 0.3) is 0 Å². The van der Waals surface area contributed by atoms with Crippen LogP contribution in [-0.2, 0) is 17.8 Å². The summed E-state index contributed by atoms with van der Waals surface area (Å²) in [4.78, 5) is 15.4. The Morgan fingerprint density at radius 3 is 3.06 bits per heavy atom. The van der Waals surface area contributed by atoms with E-state index in [0.29, 0.717) is 19.4 Å². The van der Waals surface area contributed by atoms with Crippen molar-refractivity contribution in [2.24, 2.45) is 5.92 Å². The zero-order valence-electron chi connectivity index (χ0n) is 9.59. The average Bonchev–Trinajstić information content (AvgIpc) is 2.96. The summed E-state index contributed by atoms with van der Waals surface area (Å²) < 4.78 is 1.87. The van der Waals surface area contributed by atoms with Crippen molar-refractivity contribution >= 4 is 5.97 Å². The van der Waals surface area contributed by atoms with Crippen molar-refractivity contribution in [2.45, 2.75) is 38.3 Å². The lowest BCUT2D eigenvalue weighted by Crippen LogP contribution is -2.26. The lowest BCUT2D eigenvalue weighted by Gasteiger charge is -2.17. The van der Waals surface area contributed by atoms with Crippen LogP contribution in [-0.4, -0.2) is 32.4 Å². The molecule has 0 amide bonds. The maximum atomic E-state index is 11.0. The van der Waals surface area contributed by atoms with Crippen LogP contribution in [0, 0.1) is 5.92 Å². The standard InChI is InChI=1S/C11H16N4O2/c16-11(17)7-3-5-15-9(6-7)13-10(14-15)8-2-1-4-12-8/h7-8,12H,1-6H2,(H,16,17). The van der Waals surface area contributed by atoms with Crippen LogP contribution in [0.3, 0.4) is 0 Å². The number of nitrogens with zero attached hydrogens (tertiary/aromatic N) is 3. The molecule has 0 spiro atoms. The second kappa shape index (κ2) is 4.10. The van der Waals surface area contributed by atoms with Gasteiger partial charge in [0.1, 0.15) is 5.82 Å². The highest BCUT2D eigenvalue weighted by molar-refractivity contribution is 5.70. The minimum atomic E-state index is -0.722. The molecule has 17 heavy (non-hydrogen) atoms. The third kappa shape index (κ3) is 1.93. The molecule has 6 nitrogen and oxygen atoms in total. The summed E-state index contributed by atoms with van der Waals surface area (Å²) >= 11 is 0. The zero-order valence-corrected chi connectivity index (χ0v) is 9.59. The average molecular weight is 236 g/mol. The van der Waals surface area contributed by atoms with Gasteiger partial charge in [-0.1, -0.05) is 0 Å². The monoisotopic (exact) mass is 236 g/mol. The second-order valence-corrected chi connectivity index (χ2v) is 4.79. The number of aliphatic carboxylic acids is 1. The molecule has 2 unspecified atom stereocenters. The first-order valence-electron chi connectivity index (χ1n) is 6.14. The number of carboxylic acids is 1. The van der Waals surface area contributed by atoms with Crippen LogP contribution in [0.4, 0.5) is 0 Å². The maximum absolute atomic E-state index is 11.0. The van der Waals surface area contributed by atoms with E-state index in [1.807, 2.05) is 4.68 Å². The molecule has 1 fully saturated rings. The molecule has 92 valence electrons. The maximum Gasteiger partial charge on any atom is 0.307 e. The van der Waals surface area contributed by atoms with Crippen LogP contribution in [0.1, 0.15) is 37.0 Å². The van der Waals surface area contributed by atoms with Crippen molar-refractivity contribution in [2.75, 3.05) is 6.54 Å². The molecule has 6 heteroatoms. The summed E-state index contributed by atoms with van der Waals surface area (Å²) in [5, 5.41) is 16.9. The number of aryl methyl sites for hydroxylation is 1. The highest BCUT2D eigenvalue weighted by atomic mass is 16.4. The molecule has 0 aliphatic carbocycles. The first-order valence-corrected chi connectivity index (χ1v) is 6.14. The fourth-order valence-corrected chi connectivity index (χ4v) is 2.59. The van der Waals surface area contributed by atoms with Gasteiger partial charge >= 0.3 is 5.97 Å². The van der Waals surface area contributed by atoms with E-state index in [1.54, 1.807) is 0 Å². The van der Waals surface area contributed by atoms with E-state index in [9.17, 15) is 4.79 Å². The molecule has 1 saturated heterocycles. The van der Waals surface area contributed by atoms with Crippen molar-refractivity contribution in [1.29, 1.82) is 0 Å². The topological polar surface area (TPSA) is 80.0 Å². The summed E-state index contributed by atoms with van der Waals surface area (Å²) in [7, 11) is 0. The van der Waals surface area contributed by atoms with E-state index in [2.05, 4.69) is 15.4 Å². The summed E-state index contributed by atoms with van der Waals surface area (Å²) in [6, 6.07) is 0.261. The van der Waals surface area contributed by atoms with Gasteiger partial charge in [0.2, 0.25) is 0 Å². The molecular formula is C11H16N4O2. The Morgan fingerprint density at radius 2 is 2.35 bits per heavy atom. The van der Waals surface area contributed by atoms with Gasteiger partial charge in [0.25, 0.3) is 0 Å². The largest absolute Gasteiger partial charge is 0.481 e. The minimum absolute atomic E-state index is 0.261. The molecule has 2 atom stereocenters. The molecule has 0 saturated carbocycles. The van der Waals surface area contributed by atoms with Gasteiger partial charge in [-0.3, -0.25) is 4.79 Å². The van der Waals surface area contributed by atoms with Gasteiger partial charge in [-0.25, -0.2) is 9.67 Å². The van der Waals surface area contributed by atoms with Crippen molar-refractivity contribution < 1.29 is 9.90 Å². The number of fused-ring (bicyclic) bond motifs is 1. The number of aromatic nitrogens is 3. The van der Waals surface area contributed by atoms with Gasteiger partial charge in [-0.05, 0) is 25.8 Å². The molecule has 0 aromatic carbocycles. The van der Waals surface area contributed by atoms with Crippen LogP contribution in [0.5, 0.6) is 0 Å². The van der Waals surface area contributed by atoms with Crippen LogP contribution >= 0.6 is 0 Å². The molecular weight excluding hydrogens is 220 g/mol. The first-order chi connectivity index (χ1) is 8.24. The number of carbonyl (C=O) groups is 1. The third-order valence-electron chi connectivity index (χ3n) is 3.60. The Labute approximate surface area is 99.0 Å². The molecule has 3 rings (SSSR count). The number of rotatable bonds is 2. The Morgan fingerprint density at radius 1 is 1.47 bits per heavy atom. The molecule has 2 N–H and O–H groups in total. The fraction of sp³-hybridized carbons (Fsp3) is 0.727. The van der Waals surface area contributed by atoms with E-state index in [-0.39, 0.29) is 12.0 Å².